The molecule has 1 heterocycles. The van der Waals surface area contributed by atoms with Gasteiger partial charge in [-0.3, -0.25) is 30.3 Å². The number of methoxy groups -OCH3 is 1. The number of thiazole rings is 1. The molecule has 2 aromatic carbocycles. The first-order valence-electron chi connectivity index (χ1n) is 7.72. The zero-order valence-corrected chi connectivity index (χ0v) is 15.1. The molecule has 0 saturated carbocycles. The highest BCUT2D eigenvalue weighted by Gasteiger charge is 2.20. The number of carbonyl (C=O) groups excluding carboxylic acids is 1. The predicted molar refractivity (Wildman–Crippen MR) is 102 cm³/mol. The normalized spacial score (nSPS) is 10.3. The van der Waals surface area contributed by atoms with Gasteiger partial charge in [0.15, 0.2) is 5.13 Å². The summed E-state index contributed by atoms with van der Waals surface area (Å²) in [5.74, 6) is -0.0849. The molecule has 0 saturated heterocycles. The standard InChI is InChI=1S/C17H12N4O6S/c1-27-14-4-2-3-10(7-14)15-9-28-17(18-15)19-16(22)11-5-12(20(23)24)8-13(6-11)21(25)26/h2-9H,1H3,(H,18,19,22). The van der Waals surface area contributed by atoms with Crippen molar-refractivity contribution in [3.05, 3.63) is 73.6 Å². The number of carbonyl (C=O) groups is 1. The first-order valence-corrected chi connectivity index (χ1v) is 8.60. The Balaban J connectivity index is 1.85. The van der Waals surface area contributed by atoms with Crippen LogP contribution in [0, 0.1) is 20.2 Å². The Labute approximate surface area is 161 Å². The number of hydrogen-bond acceptors (Lipinski definition) is 8. The van der Waals surface area contributed by atoms with E-state index >= 15 is 0 Å². The average molecular weight is 400 g/mol. The number of anilines is 1. The monoisotopic (exact) mass is 400 g/mol. The Morgan fingerprint density at radius 1 is 1.11 bits per heavy atom. The van der Waals surface area contributed by atoms with Crippen LogP contribution in [-0.4, -0.2) is 27.8 Å². The van der Waals surface area contributed by atoms with Crippen molar-refractivity contribution in [1.29, 1.82) is 0 Å². The summed E-state index contributed by atoms with van der Waals surface area (Å²) in [5, 5.41) is 26.4. The third-order valence-electron chi connectivity index (χ3n) is 3.68. The van der Waals surface area contributed by atoms with E-state index in [1.807, 2.05) is 6.07 Å². The molecule has 1 aromatic heterocycles. The maximum atomic E-state index is 12.4. The Kier molecular flexibility index (Phi) is 5.27. The summed E-state index contributed by atoms with van der Waals surface area (Å²) in [7, 11) is 1.55. The fraction of sp³-hybridized carbons (Fsp3) is 0.0588. The highest BCUT2D eigenvalue weighted by atomic mass is 32.1. The van der Waals surface area contributed by atoms with E-state index in [9.17, 15) is 25.0 Å². The summed E-state index contributed by atoms with van der Waals surface area (Å²) >= 11 is 1.15. The fourth-order valence-electron chi connectivity index (χ4n) is 2.35. The van der Waals surface area contributed by atoms with Gasteiger partial charge in [0.05, 0.1) is 34.3 Å². The van der Waals surface area contributed by atoms with Gasteiger partial charge in [0.25, 0.3) is 17.3 Å². The number of nitro groups is 2. The molecule has 0 aliphatic carbocycles. The number of benzene rings is 2. The second-order valence-electron chi connectivity index (χ2n) is 5.48. The summed E-state index contributed by atoms with van der Waals surface area (Å²) < 4.78 is 5.16. The predicted octanol–water partition coefficient (Wildman–Crippen LogP) is 3.89. The number of rotatable bonds is 6. The SMILES string of the molecule is COc1cccc(-c2csc(NC(=O)c3cc([N+](=O)[O-])cc([N+](=O)[O-])c3)n2)c1. The molecule has 0 spiro atoms. The molecular weight excluding hydrogens is 388 g/mol. The maximum Gasteiger partial charge on any atom is 0.277 e. The van der Waals surface area contributed by atoms with Gasteiger partial charge in [-0.1, -0.05) is 12.1 Å². The van der Waals surface area contributed by atoms with E-state index < -0.39 is 27.1 Å². The van der Waals surface area contributed by atoms with Crippen LogP contribution in [0.1, 0.15) is 10.4 Å². The molecule has 1 N–H and O–H groups in total. The van der Waals surface area contributed by atoms with Crippen molar-refractivity contribution in [2.75, 3.05) is 12.4 Å². The minimum absolute atomic E-state index is 0.209. The Hall–Kier alpha value is -3.86. The van der Waals surface area contributed by atoms with Crippen LogP contribution >= 0.6 is 11.3 Å². The number of nitrogens with one attached hydrogen (secondary N) is 1. The third kappa shape index (κ3) is 4.10. The molecule has 0 radical (unpaired) electrons. The van der Waals surface area contributed by atoms with Gasteiger partial charge in [-0.05, 0) is 12.1 Å². The van der Waals surface area contributed by atoms with Crippen LogP contribution in [-0.2, 0) is 0 Å². The zero-order chi connectivity index (χ0) is 20.3. The lowest BCUT2D eigenvalue weighted by atomic mass is 10.1. The van der Waals surface area contributed by atoms with E-state index in [1.165, 1.54) is 0 Å². The Bertz CT molecular complexity index is 1050. The van der Waals surface area contributed by atoms with Crippen LogP contribution in [0.15, 0.2) is 47.8 Å². The molecule has 28 heavy (non-hydrogen) atoms. The summed E-state index contributed by atoms with van der Waals surface area (Å²) in [6.07, 6.45) is 0. The molecule has 0 bridgehead atoms. The van der Waals surface area contributed by atoms with Gasteiger partial charge in [0.2, 0.25) is 0 Å². The Morgan fingerprint density at radius 3 is 2.39 bits per heavy atom. The van der Waals surface area contributed by atoms with E-state index in [0.717, 1.165) is 35.1 Å². The van der Waals surface area contributed by atoms with Gasteiger partial charge in [-0.2, -0.15) is 0 Å². The minimum atomic E-state index is -0.798. The van der Waals surface area contributed by atoms with Crippen LogP contribution in [0.4, 0.5) is 16.5 Å². The number of ether oxygens (including phenoxy) is 1. The molecule has 0 fully saturated rings. The Morgan fingerprint density at radius 2 is 1.79 bits per heavy atom. The van der Waals surface area contributed by atoms with Crippen molar-refractivity contribution in [2.24, 2.45) is 0 Å². The van der Waals surface area contributed by atoms with Gasteiger partial charge < -0.3 is 4.74 Å². The van der Waals surface area contributed by atoms with Crippen LogP contribution in [0.5, 0.6) is 5.75 Å². The molecule has 3 rings (SSSR count). The highest BCUT2D eigenvalue weighted by Crippen LogP contribution is 2.28. The number of aromatic nitrogens is 1. The number of amides is 1. The summed E-state index contributed by atoms with van der Waals surface area (Å²) in [5.41, 5.74) is 0.0801. The first-order chi connectivity index (χ1) is 13.4. The first kappa shape index (κ1) is 18.9. The second-order valence-corrected chi connectivity index (χ2v) is 6.33. The van der Waals surface area contributed by atoms with Crippen molar-refractivity contribution in [3.8, 4) is 17.0 Å². The van der Waals surface area contributed by atoms with E-state index in [0.29, 0.717) is 11.4 Å². The zero-order valence-electron chi connectivity index (χ0n) is 14.3. The average Bonchev–Trinajstić information content (AvgIpc) is 3.16. The molecule has 10 nitrogen and oxygen atoms in total. The molecule has 0 aliphatic heterocycles. The molecular formula is C17H12N4O6S. The van der Waals surface area contributed by atoms with E-state index in [1.54, 1.807) is 30.7 Å². The molecule has 0 atom stereocenters. The van der Waals surface area contributed by atoms with Crippen molar-refractivity contribution >= 4 is 33.8 Å². The topological polar surface area (TPSA) is 138 Å². The number of hydrogen-bond donors (Lipinski definition) is 1. The lowest BCUT2D eigenvalue weighted by molar-refractivity contribution is -0.394. The van der Waals surface area contributed by atoms with Crippen molar-refractivity contribution < 1.29 is 19.4 Å². The van der Waals surface area contributed by atoms with Gasteiger partial charge >= 0.3 is 0 Å². The van der Waals surface area contributed by atoms with Gasteiger partial charge in [-0.15, -0.1) is 11.3 Å². The number of nitro benzene ring substituents is 2. The minimum Gasteiger partial charge on any atom is -0.497 e. The van der Waals surface area contributed by atoms with Crippen LogP contribution in [0.2, 0.25) is 0 Å². The lowest BCUT2D eigenvalue weighted by Crippen LogP contribution is -2.12. The van der Waals surface area contributed by atoms with Crippen molar-refractivity contribution in [1.82, 2.24) is 4.98 Å². The fourth-order valence-corrected chi connectivity index (χ4v) is 3.07. The van der Waals surface area contributed by atoms with Crippen molar-refractivity contribution in [3.63, 3.8) is 0 Å². The maximum absolute atomic E-state index is 12.4. The van der Waals surface area contributed by atoms with E-state index in [-0.39, 0.29) is 10.7 Å². The molecule has 0 aliphatic rings. The van der Waals surface area contributed by atoms with Gasteiger partial charge in [0.1, 0.15) is 5.75 Å². The quantitative estimate of drug-likeness (QED) is 0.489. The van der Waals surface area contributed by atoms with Crippen LogP contribution in [0.25, 0.3) is 11.3 Å². The van der Waals surface area contributed by atoms with Crippen LogP contribution in [0.3, 0.4) is 0 Å². The summed E-state index contributed by atoms with van der Waals surface area (Å²) in [6.45, 7) is 0. The molecule has 0 unspecified atom stereocenters. The molecule has 3 aromatic rings. The largest absolute Gasteiger partial charge is 0.497 e. The lowest BCUT2D eigenvalue weighted by Gasteiger charge is -2.03. The van der Waals surface area contributed by atoms with Gasteiger partial charge in [0, 0.05) is 23.1 Å². The smallest absolute Gasteiger partial charge is 0.277 e. The molecule has 11 heteroatoms. The van der Waals surface area contributed by atoms with E-state index in [4.69, 9.17) is 4.74 Å². The number of non-ortho nitro benzene ring substituents is 2. The summed E-state index contributed by atoms with van der Waals surface area (Å²) in [4.78, 5) is 37.0. The van der Waals surface area contributed by atoms with Gasteiger partial charge in [-0.25, -0.2) is 4.98 Å². The highest BCUT2D eigenvalue weighted by molar-refractivity contribution is 7.14. The molecule has 142 valence electrons. The van der Waals surface area contributed by atoms with E-state index in [2.05, 4.69) is 10.3 Å². The number of nitrogens with zero attached hydrogens (tertiary/aromatic N) is 3. The van der Waals surface area contributed by atoms with Crippen LogP contribution < -0.4 is 10.1 Å². The second kappa shape index (κ2) is 7.80. The summed E-state index contributed by atoms with van der Waals surface area (Å²) in [6, 6.07) is 9.93. The third-order valence-corrected chi connectivity index (χ3v) is 4.43. The van der Waals surface area contributed by atoms with Crippen molar-refractivity contribution in [2.45, 2.75) is 0 Å². The molecule has 1 amide bonds.